The molecule has 0 saturated carbocycles. The fourth-order valence-electron chi connectivity index (χ4n) is 1.87. The molecule has 0 unspecified atom stereocenters. The van der Waals surface area contributed by atoms with E-state index in [1.165, 1.54) is 0 Å². The van der Waals surface area contributed by atoms with Crippen molar-refractivity contribution in [3.8, 4) is 0 Å². The van der Waals surface area contributed by atoms with Crippen LogP contribution in [-0.4, -0.2) is 15.8 Å². The van der Waals surface area contributed by atoms with Gasteiger partial charge >= 0.3 is 11.1 Å². The number of nitrogens with one attached hydrogen (secondary N) is 2. The van der Waals surface area contributed by atoms with Crippen molar-refractivity contribution in [1.29, 1.82) is 0 Å². The molecule has 0 spiro atoms. The maximum atomic E-state index is 12.1. The quantitative estimate of drug-likeness (QED) is 0.638. The first kappa shape index (κ1) is 13.3. The topological polar surface area (TPSA) is 82.8 Å². The van der Waals surface area contributed by atoms with Gasteiger partial charge in [-0.15, -0.1) is 0 Å². The third-order valence-corrected chi connectivity index (χ3v) is 2.74. The molecule has 1 aromatic heterocycles. The van der Waals surface area contributed by atoms with E-state index < -0.39 is 11.1 Å². The van der Waals surface area contributed by atoms with Crippen LogP contribution >= 0.6 is 0 Å². The van der Waals surface area contributed by atoms with Crippen molar-refractivity contribution in [1.82, 2.24) is 9.97 Å². The fourth-order valence-corrected chi connectivity index (χ4v) is 1.87. The van der Waals surface area contributed by atoms with Crippen molar-refractivity contribution < 1.29 is 4.79 Å². The Morgan fingerprint density at radius 2 is 1.63 bits per heavy atom. The molecule has 0 saturated heterocycles. The predicted molar refractivity (Wildman–Crippen MR) is 73.6 cm³/mol. The number of carbonyl (C=O) groups is 1. The van der Waals surface area contributed by atoms with Crippen molar-refractivity contribution in [2.45, 2.75) is 27.2 Å². The minimum absolute atomic E-state index is 0.0152. The lowest BCUT2D eigenvalue weighted by molar-refractivity contribution is 0.0940. The Balaban J connectivity index is 2.47. The number of aromatic nitrogens is 2. The van der Waals surface area contributed by atoms with Gasteiger partial charge in [0, 0.05) is 12.0 Å². The molecule has 2 aromatic rings. The molecule has 2 rings (SSSR count). The summed E-state index contributed by atoms with van der Waals surface area (Å²) in [6.07, 6.45) is 0.423. The molecule has 2 N–H and O–H groups in total. The monoisotopic (exact) mass is 260 g/mol. The molecule has 0 amide bonds. The van der Waals surface area contributed by atoms with Crippen molar-refractivity contribution in [3.63, 3.8) is 0 Å². The van der Waals surface area contributed by atoms with Gasteiger partial charge in [-0.25, -0.2) is 0 Å². The zero-order chi connectivity index (χ0) is 14.2. The van der Waals surface area contributed by atoms with Gasteiger partial charge in [-0.3, -0.25) is 14.4 Å². The number of H-pyrrole nitrogens is 2. The second-order valence-corrected chi connectivity index (χ2v) is 5.83. The van der Waals surface area contributed by atoms with Crippen LogP contribution in [0.15, 0.2) is 27.8 Å². The van der Waals surface area contributed by atoms with E-state index in [1.807, 2.05) is 20.8 Å². The van der Waals surface area contributed by atoms with Crippen LogP contribution in [0.25, 0.3) is 11.0 Å². The highest BCUT2D eigenvalue weighted by Gasteiger charge is 2.17. The normalized spacial score (nSPS) is 11.7. The lowest BCUT2D eigenvalue weighted by atomic mass is 9.88. The Kier molecular flexibility index (Phi) is 3.14. The highest BCUT2D eigenvalue weighted by molar-refractivity contribution is 5.99. The number of aromatic amines is 2. The second-order valence-electron chi connectivity index (χ2n) is 5.83. The van der Waals surface area contributed by atoms with E-state index >= 15 is 0 Å². The summed E-state index contributed by atoms with van der Waals surface area (Å²) in [6.45, 7) is 5.97. The Labute approximate surface area is 109 Å². The van der Waals surface area contributed by atoms with Gasteiger partial charge in [0.05, 0.1) is 11.0 Å². The first-order chi connectivity index (χ1) is 8.76. The van der Waals surface area contributed by atoms with E-state index in [2.05, 4.69) is 9.97 Å². The molecule has 0 aliphatic heterocycles. The average molecular weight is 260 g/mol. The first-order valence-electron chi connectivity index (χ1n) is 6.06. The van der Waals surface area contributed by atoms with Gasteiger partial charge in [-0.05, 0) is 23.6 Å². The van der Waals surface area contributed by atoms with Crippen molar-refractivity contribution in [2.75, 3.05) is 0 Å². The molecule has 0 aliphatic carbocycles. The van der Waals surface area contributed by atoms with E-state index in [-0.39, 0.29) is 11.2 Å². The highest BCUT2D eigenvalue weighted by atomic mass is 16.2. The van der Waals surface area contributed by atoms with Crippen molar-refractivity contribution in [3.05, 3.63) is 44.5 Å². The molecular formula is C14H16N2O3. The number of benzene rings is 1. The van der Waals surface area contributed by atoms with E-state index in [9.17, 15) is 14.4 Å². The minimum atomic E-state index is -0.715. The molecule has 1 aromatic carbocycles. The SMILES string of the molecule is CC(C)(C)CC(=O)c1ccc2[nH]c(=O)c(=O)[nH]c2c1. The Morgan fingerprint density at radius 1 is 1.05 bits per heavy atom. The lowest BCUT2D eigenvalue weighted by Gasteiger charge is -2.16. The molecular weight excluding hydrogens is 244 g/mol. The van der Waals surface area contributed by atoms with Gasteiger partial charge in [-0.1, -0.05) is 20.8 Å². The number of rotatable bonds is 2. The van der Waals surface area contributed by atoms with Gasteiger partial charge in [0.2, 0.25) is 0 Å². The van der Waals surface area contributed by atoms with Crippen LogP contribution in [0.3, 0.4) is 0 Å². The fraction of sp³-hybridized carbons (Fsp3) is 0.357. The summed E-state index contributed by atoms with van der Waals surface area (Å²) >= 11 is 0. The van der Waals surface area contributed by atoms with Gasteiger partial charge in [0.15, 0.2) is 5.78 Å². The summed E-state index contributed by atoms with van der Waals surface area (Å²) in [7, 11) is 0. The number of ketones is 1. The molecule has 0 atom stereocenters. The maximum absolute atomic E-state index is 12.1. The smallest absolute Gasteiger partial charge is 0.314 e. The second kappa shape index (κ2) is 4.50. The molecule has 0 fully saturated rings. The van der Waals surface area contributed by atoms with Crippen LogP contribution in [0.2, 0.25) is 0 Å². The summed E-state index contributed by atoms with van der Waals surface area (Å²) in [5.41, 5.74) is 0.00495. The number of Topliss-reactive ketones (excluding diaryl/α,β-unsaturated/α-hetero) is 1. The van der Waals surface area contributed by atoms with Crippen LogP contribution in [0.4, 0.5) is 0 Å². The molecule has 0 radical (unpaired) electrons. The molecule has 1 heterocycles. The number of hydrogen-bond donors (Lipinski definition) is 2. The van der Waals surface area contributed by atoms with Gasteiger partial charge in [0.1, 0.15) is 0 Å². The van der Waals surface area contributed by atoms with E-state index in [4.69, 9.17) is 0 Å². The Morgan fingerprint density at radius 3 is 2.21 bits per heavy atom. The third-order valence-electron chi connectivity index (χ3n) is 2.74. The standard InChI is InChI=1S/C14H16N2O3/c1-14(2,3)7-11(17)8-4-5-9-10(6-8)16-13(19)12(18)15-9/h4-6H,7H2,1-3H3,(H,15,18)(H,16,19). The zero-order valence-electron chi connectivity index (χ0n) is 11.2. The van der Waals surface area contributed by atoms with Crippen LogP contribution in [0.5, 0.6) is 0 Å². The number of carbonyl (C=O) groups excluding carboxylic acids is 1. The van der Waals surface area contributed by atoms with Gasteiger partial charge in [-0.2, -0.15) is 0 Å². The highest BCUT2D eigenvalue weighted by Crippen LogP contribution is 2.22. The molecule has 5 heteroatoms. The van der Waals surface area contributed by atoms with Crippen LogP contribution in [0.1, 0.15) is 37.6 Å². The van der Waals surface area contributed by atoms with E-state index in [0.29, 0.717) is 23.0 Å². The van der Waals surface area contributed by atoms with Crippen LogP contribution in [0, 0.1) is 5.41 Å². The molecule has 0 bridgehead atoms. The van der Waals surface area contributed by atoms with E-state index in [1.54, 1.807) is 18.2 Å². The summed E-state index contributed by atoms with van der Waals surface area (Å²) in [4.78, 5) is 39.5. The summed E-state index contributed by atoms with van der Waals surface area (Å²) < 4.78 is 0. The summed E-state index contributed by atoms with van der Waals surface area (Å²) in [5, 5.41) is 0. The molecule has 19 heavy (non-hydrogen) atoms. The Bertz CT molecular complexity index is 748. The van der Waals surface area contributed by atoms with Crippen molar-refractivity contribution in [2.24, 2.45) is 5.41 Å². The van der Waals surface area contributed by atoms with E-state index in [0.717, 1.165) is 0 Å². The minimum Gasteiger partial charge on any atom is -0.316 e. The number of fused-ring (bicyclic) bond motifs is 1. The molecule has 100 valence electrons. The third kappa shape index (κ3) is 2.99. The molecule has 5 nitrogen and oxygen atoms in total. The molecule has 0 aliphatic rings. The van der Waals surface area contributed by atoms with Crippen molar-refractivity contribution >= 4 is 16.8 Å². The number of hydrogen-bond acceptors (Lipinski definition) is 3. The Hall–Kier alpha value is -2.17. The largest absolute Gasteiger partial charge is 0.316 e. The zero-order valence-corrected chi connectivity index (χ0v) is 11.2. The summed E-state index contributed by atoms with van der Waals surface area (Å²) in [5.74, 6) is 0.0152. The maximum Gasteiger partial charge on any atom is 0.314 e. The van der Waals surface area contributed by atoms with Gasteiger partial charge < -0.3 is 9.97 Å². The van der Waals surface area contributed by atoms with Gasteiger partial charge in [0.25, 0.3) is 0 Å². The lowest BCUT2D eigenvalue weighted by Crippen LogP contribution is -2.29. The van der Waals surface area contributed by atoms with Crippen LogP contribution < -0.4 is 11.1 Å². The predicted octanol–water partition coefficient (Wildman–Crippen LogP) is 1.84. The summed E-state index contributed by atoms with van der Waals surface area (Å²) in [6, 6.07) is 4.88. The van der Waals surface area contributed by atoms with Crippen LogP contribution in [-0.2, 0) is 0 Å². The average Bonchev–Trinajstić information content (AvgIpc) is 2.27. The first-order valence-corrected chi connectivity index (χ1v) is 6.06.